The Hall–Kier alpha value is -1.03. The number of imidazole rings is 1. The van der Waals surface area contributed by atoms with Gasteiger partial charge in [-0.1, -0.05) is 0 Å². The third-order valence-corrected chi connectivity index (χ3v) is 0.849. The van der Waals surface area contributed by atoms with E-state index in [0.29, 0.717) is 19.0 Å². The number of rotatable bonds is 3. The van der Waals surface area contributed by atoms with Crippen molar-refractivity contribution in [2.24, 2.45) is 5.73 Å². The Labute approximate surface area is 53.0 Å². The van der Waals surface area contributed by atoms with E-state index in [4.69, 9.17) is 10.5 Å². The molecule has 50 valence electrons. The van der Waals surface area contributed by atoms with E-state index in [9.17, 15) is 0 Å². The molecule has 0 spiro atoms. The number of hydrogen-bond acceptors (Lipinski definition) is 3. The summed E-state index contributed by atoms with van der Waals surface area (Å²) in [5.74, 6) is 0.667. The van der Waals surface area contributed by atoms with E-state index < -0.39 is 0 Å². The molecule has 0 atom stereocenters. The highest BCUT2D eigenvalue weighted by Crippen LogP contribution is 1.99. The molecule has 0 fully saturated rings. The molecule has 0 saturated heterocycles. The van der Waals surface area contributed by atoms with Gasteiger partial charge in [-0.05, 0) is 0 Å². The summed E-state index contributed by atoms with van der Waals surface area (Å²) in [5, 5.41) is 0. The molecule has 0 aliphatic heterocycles. The summed E-state index contributed by atoms with van der Waals surface area (Å²) in [6, 6.07) is 0. The van der Waals surface area contributed by atoms with Crippen LogP contribution in [0.15, 0.2) is 12.5 Å². The summed E-state index contributed by atoms with van der Waals surface area (Å²) >= 11 is 0. The summed E-state index contributed by atoms with van der Waals surface area (Å²) in [6.45, 7) is 1.06. The van der Waals surface area contributed by atoms with E-state index in [1.165, 1.54) is 0 Å². The fourth-order valence-electron chi connectivity index (χ4n) is 0.491. The molecule has 1 heterocycles. The second-order valence-corrected chi connectivity index (χ2v) is 1.55. The molecular formula is C5H9N3O. The van der Waals surface area contributed by atoms with E-state index in [0.717, 1.165) is 0 Å². The number of hydrogen-bond donors (Lipinski definition) is 2. The Bertz CT molecular complexity index is 149. The first-order valence-corrected chi connectivity index (χ1v) is 2.74. The van der Waals surface area contributed by atoms with Crippen LogP contribution in [-0.2, 0) is 0 Å². The molecule has 0 bridgehead atoms. The Kier molecular flexibility index (Phi) is 2.09. The normalized spacial score (nSPS) is 9.44. The van der Waals surface area contributed by atoms with Gasteiger partial charge in [0.05, 0.1) is 12.5 Å². The molecule has 9 heavy (non-hydrogen) atoms. The lowest BCUT2D eigenvalue weighted by Crippen LogP contribution is -2.10. The number of ether oxygens (including phenoxy) is 1. The fourth-order valence-corrected chi connectivity index (χ4v) is 0.491. The highest BCUT2D eigenvalue weighted by molar-refractivity contribution is 5.00. The number of nitrogens with zero attached hydrogens (tertiary/aromatic N) is 1. The molecule has 0 amide bonds. The quantitative estimate of drug-likeness (QED) is 0.588. The van der Waals surface area contributed by atoms with Gasteiger partial charge in [-0.3, -0.25) is 0 Å². The summed E-state index contributed by atoms with van der Waals surface area (Å²) in [7, 11) is 0. The van der Waals surface area contributed by atoms with Crippen LogP contribution >= 0.6 is 0 Å². The maximum atomic E-state index is 5.19. The van der Waals surface area contributed by atoms with Crippen LogP contribution in [-0.4, -0.2) is 23.1 Å². The second-order valence-electron chi connectivity index (χ2n) is 1.55. The van der Waals surface area contributed by atoms with Crippen LogP contribution in [0.3, 0.4) is 0 Å². The van der Waals surface area contributed by atoms with Gasteiger partial charge >= 0.3 is 0 Å². The van der Waals surface area contributed by atoms with Crippen molar-refractivity contribution in [3.63, 3.8) is 0 Å². The number of H-pyrrole nitrogens is 1. The molecule has 4 nitrogen and oxygen atoms in total. The first-order valence-electron chi connectivity index (χ1n) is 2.74. The third-order valence-electron chi connectivity index (χ3n) is 0.849. The molecule has 0 aromatic carbocycles. The minimum absolute atomic E-state index is 0.527. The SMILES string of the molecule is NCCOc1cnc[nH]1. The minimum Gasteiger partial charge on any atom is -0.477 e. The lowest BCUT2D eigenvalue weighted by atomic mass is 10.7. The highest BCUT2D eigenvalue weighted by atomic mass is 16.5. The molecule has 1 aromatic heterocycles. The maximum Gasteiger partial charge on any atom is 0.210 e. The third kappa shape index (κ3) is 1.73. The molecule has 3 N–H and O–H groups in total. The number of nitrogens with one attached hydrogen (secondary N) is 1. The molecule has 1 rings (SSSR count). The number of nitrogens with two attached hydrogens (primary N) is 1. The van der Waals surface area contributed by atoms with Crippen molar-refractivity contribution in [3.8, 4) is 5.88 Å². The average Bonchev–Trinajstić information content (AvgIpc) is 2.34. The first kappa shape index (κ1) is 6.10. The van der Waals surface area contributed by atoms with Crippen molar-refractivity contribution < 1.29 is 4.74 Å². The van der Waals surface area contributed by atoms with Crippen molar-refractivity contribution in [2.45, 2.75) is 0 Å². The molecular weight excluding hydrogens is 118 g/mol. The van der Waals surface area contributed by atoms with E-state index in [2.05, 4.69) is 9.97 Å². The molecule has 0 saturated carbocycles. The first-order chi connectivity index (χ1) is 4.43. The van der Waals surface area contributed by atoms with Crippen LogP contribution in [0.1, 0.15) is 0 Å². The van der Waals surface area contributed by atoms with Crippen LogP contribution in [0.2, 0.25) is 0 Å². The van der Waals surface area contributed by atoms with Crippen molar-refractivity contribution in [1.29, 1.82) is 0 Å². The Morgan fingerprint density at radius 2 is 2.67 bits per heavy atom. The van der Waals surface area contributed by atoms with Crippen LogP contribution in [0.5, 0.6) is 5.88 Å². The molecule has 0 aliphatic carbocycles. The van der Waals surface area contributed by atoms with Gasteiger partial charge in [-0.15, -0.1) is 0 Å². The van der Waals surface area contributed by atoms with Gasteiger partial charge < -0.3 is 15.5 Å². The predicted molar refractivity (Wildman–Crippen MR) is 33.1 cm³/mol. The fraction of sp³-hybridized carbons (Fsp3) is 0.400. The number of aromatic nitrogens is 2. The largest absolute Gasteiger partial charge is 0.477 e. The van der Waals surface area contributed by atoms with Crippen LogP contribution in [0, 0.1) is 0 Å². The smallest absolute Gasteiger partial charge is 0.210 e. The summed E-state index contributed by atoms with van der Waals surface area (Å²) < 4.78 is 5.05. The monoisotopic (exact) mass is 127 g/mol. The predicted octanol–water partition coefficient (Wildman–Crippen LogP) is -0.253. The van der Waals surface area contributed by atoms with E-state index in [-0.39, 0.29) is 0 Å². The van der Waals surface area contributed by atoms with Gasteiger partial charge in [0.2, 0.25) is 5.88 Å². The second kappa shape index (κ2) is 3.09. The zero-order valence-electron chi connectivity index (χ0n) is 5.00. The van der Waals surface area contributed by atoms with Gasteiger partial charge in [0, 0.05) is 6.54 Å². The van der Waals surface area contributed by atoms with E-state index >= 15 is 0 Å². The maximum absolute atomic E-state index is 5.19. The molecule has 4 heteroatoms. The summed E-state index contributed by atoms with van der Waals surface area (Å²) in [5.41, 5.74) is 5.19. The van der Waals surface area contributed by atoms with Crippen molar-refractivity contribution in [1.82, 2.24) is 9.97 Å². The van der Waals surface area contributed by atoms with Gasteiger partial charge in [-0.2, -0.15) is 0 Å². The zero-order valence-corrected chi connectivity index (χ0v) is 5.00. The van der Waals surface area contributed by atoms with Gasteiger partial charge in [0.1, 0.15) is 6.61 Å². The zero-order chi connectivity index (χ0) is 6.53. The van der Waals surface area contributed by atoms with Gasteiger partial charge in [0.15, 0.2) is 0 Å². The Morgan fingerprint density at radius 1 is 1.78 bits per heavy atom. The molecule has 0 unspecified atom stereocenters. The topological polar surface area (TPSA) is 63.9 Å². The van der Waals surface area contributed by atoms with Crippen LogP contribution in [0.4, 0.5) is 0 Å². The average molecular weight is 127 g/mol. The Balaban J connectivity index is 2.30. The molecule has 1 aromatic rings. The summed E-state index contributed by atoms with van der Waals surface area (Å²) in [6.07, 6.45) is 3.17. The molecule has 0 aliphatic rings. The van der Waals surface area contributed by atoms with Crippen molar-refractivity contribution in [2.75, 3.05) is 13.2 Å². The summed E-state index contributed by atoms with van der Waals surface area (Å²) in [4.78, 5) is 6.54. The lowest BCUT2D eigenvalue weighted by molar-refractivity contribution is 0.317. The standard InChI is InChI=1S/C5H9N3O/c6-1-2-9-5-3-7-4-8-5/h3-4H,1-2,6H2,(H,7,8). The van der Waals surface area contributed by atoms with E-state index in [1.807, 2.05) is 0 Å². The molecule has 0 radical (unpaired) electrons. The van der Waals surface area contributed by atoms with Crippen LogP contribution < -0.4 is 10.5 Å². The van der Waals surface area contributed by atoms with Crippen LogP contribution in [0.25, 0.3) is 0 Å². The minimum atomic E-state index is 0.527. The number of aromatic amines is 1. The van der Waals surface area contributed by atoms with Crippen molar-refractivity contribution in [3.05, 3.63) is 12.5 Å². The van der Waals surface area contributed by atoms with Crippen molar-refractivity contribution >= 4 is 0 Å². The Morgan fingerprint density at radius 3 is 3.22 bits per heavy atom. The lowest BCUT2D eigenvalue weighted by Gasteiger charge is -1.97. The van der Waals surface area contributed by atoms with Gasteiger partial charge in [-0.25, -0.2) is 4.98 Å². The highest BCUT2D eigenvalue weighted by Gasteiger charge is 1.88. The van der Waals surface area contributed by atoms with E-state index in [1.54, 1.807) is 12.5 Å². The van der Waals surface area contributed by atoms with Gasteiger partial charge in [0.25, 0.3) is 0 Å².